The van der Waals surface area contributed by atoms with Gasteiger partial charge in [-0.15, -0.1) is 11.6 Å². The van der Waals surface area contributed by atoms with Crippen LogP contribution in [0.25, 0.3) is 0 Å². The molecule has 2 nitrogen and oxygen atoms in total. The molecule has 1 aromatic carbocycles. The van der Waals surface area contributed by atoms with Crippen LogP contribution in [-0.4, -0.2) is 20.6 Å². The topological polar surface area (TPSA) is 34.1 Å². The second kappa shape index (κ2) is 4.11. The maximum Gasteiger partial charge on any atom is 0.175 e. The van der Waals surface area contributed by atoms with Crippen LogP contribution in [0.15, 0.2) is 29.2 Å². The van der Waals surface area contributed by atoms with Gasteiger partial charge in [0, 0.05) is 12.1 Å². The van der Waals surface area contributed by atoms with Gasteiger partial charge in [0.1, 0.15) is 0 Å². The van der Waals surface area contributed by atoms with Gasteiger partial charge in [-0.2, -0.15) is 0 Å². The van der Waals surface area contributed by atoms with Crippen LogP contribution in [0.3, 0.4) is 0 Å². The Morgan fingerprint density at radius 2 is 1.77 bits per heavy atom. The molecule has 0 aromatic heterocycles. The minimum absolute atomic E-state index is 0.353. The smallest absolute Gasteiger partial charge is 0.175 e. The molecule has 0 spiro atoms. The monoisotopic (exact) mass is 218 g/mol. The van der Waals surface area contributed by atoms with Crippen molar-refractivity contribution < 1.29 is 8.42 Å². The molecule has 0 fully saturated rings. The van der Waals surface area contributed by atoms with Gasteiger partial charge in [0.25, 0.3) is 0 Å². The zero-order valence-corrected chi connectivity index (χ0v) is 8.90. The van der Waals surface area contributed by atoms with Crippen LogP contribution >= 0.6 is 11.6 Å². The molecule has 4 heteroatoms. The van der Waals surface area contributed by atoms with E-state index in [0.29, 0.717) is 10.8 Å². The molecule has 0 bridgehead atoms. The van der Waals surface area contributed by atoms with Crippen LogP contribution < -0.4 is 0 Å². The van der Waals surface area contributed by atoms with Gasteiger partial charge in [0.15, 0.2) is 9.84 Å². The SMILES string of the molecule is CS(=O)(=O)c1ccc(CCCl)cc1. The number of aryl methyl sites for hydroxylation is 1. The standard InChI is InChI=1S/C9H11ClO2S/c1-13(11,12)9-4-2-8(3-5-9)6-7-10/h2-5H,6-7H2,1H3. The van der Waals surface area contributed by atoms with Gasteiger partial charge in [0.05, 0.1) is 4.90 Å². The normalized spacial score (nSPS) is 11.5. The minimum atomic E-state index is -3.07. The highest BCUT2D eigenvalue weighted by Gasteiger charge is 2.05. The van der Waals surface area contributed by atoms with E-state index in [1.54, 1.807) is 24.3 Å². The fourth-order valence-electron chi connectivity index (χ4n) is 1.01. The molecule has 72 valence electrons. The molecule has 13 heavy (non-hydrogen) atoms. The third-order valence-corrected chi connectivity index (χ3v) is 3.05. The number of hydrogen-bond acceptors (Lipinski definition) is 2. The first-order valence-corrected chi connectivity index (χ1v) is 6.31. The molecule has 0 N–H and O–H groups in total. The summed E-state index contributed by atoms with van der Waals surface area (Å²) in [6, 6.07) is 6.80. The molecule has 0 saturated heterocycles. The first kappa shape index (κ1) is 10.5. The Morgan fingerprint density at radius 3 is 2.15 bits per heavy atom. The molecule has 0 unspecified atom stereocenters. The summed E-state index contributed by atoms with van der Waals surface area (Å²) < 4.78 is 22.2. The van der Waals surface area contributed by atoms with Crippen LogP contribution in [0.5, 0.6) is 0 Å². The highest BCUT2D eigenvalue weighted by molar-refractivity contribution is 7.90. The molecule has 0 amide bonds. The van der Waals surface area contributed by atoms with Crippen molar-refractivity contribution in [2.24, 2.45) is 0 Å². The van der Waals surface area contributed by atoms with Gasteiger partial charge in [-0.05, 0) is 24.1 Å². The van der Waals surface area contributed by atoms with E-state index in [0.717, 1.165) is 12.0 Å². The highest BCUT2D eigenvalue weighted by Crippen LogP contribution is 2.10. The van der Waals surface area contributed by atoms with Gasteiger partial charge in [-0.1, -0.05) is 12.1 Å². The lowest BCUT2D eigenvalue weighted by Gasteiger charge is -2.00. The van der Waals surface area contributed by atoms with Crippen molar-refractivity contribution in [2.75, 3.05) is 12.1 Å². The summed E-state index contributed by atoms with van der Waals surface area (Å²) >= 11 is 5.55. The van der Waals surface area contributed by atoms with Crippen LogP contribution in [0.4, 0.5) is 0 Å². The highest BCUT2D eigenvalue weighted by atomic mass is 35.5. The Hall–Kier alpha value is -0.540. The van der Waals surface area contributed by atoms with Crippen molar-refractivity contribution in [1.82, 2.24) is 0 Å². The quantitative estimate of drug-likeness (QED) is 0.726. The molecule has 0 aliphatic carbocycles. The van der Waals surface area contributed by atoms with Crippen molar-refractivity contribution in [2.45, 2.75) is 11.3 Å². The number of hydrogen-bond donors (Lipinski definition) is 0. The Morgan fingerprint density at radius 1 is 1.23 bits per heavy atom. The molecule has 1 rings (SSSR count). The Bertz CT molecular complexity index is 367. The average molecular weight is 219 g/mol. The largest absolute Gasteiger partial charge is 0.224 e. The summed E-state index contributed by atoms with van der Waals surface area (Å²) in [5.74, 6) is 0.554. The number of halogens is 1. The summed E-state index contributed by atoms with van der Waals surface area (Å²) in [6.07, 6.45) is 1.97. The third-order valence-electron chi connectivity index (χ3n) is 1.73. The van der Waals surface area contributed by atoms with Crippen LogP contribution in [-0.2, 0) is 16.3 Å². The second-order valence-electron chi connectivity index (χ2n) is 2.86. The van der Waals surface area contributed by atoms with Crippen molar-refractivity contribution in [1.29, 1.82) is 0 Å². The molecule has 0 radical (unpaired) electrons. The summed E-state index contributed by atoms with van der Waals surface area (Å²) in [4.78, 5) is 0.353. The van der Waals surface area contributed by atoms with Gasteiger partial charge >= 0.3 is 0 Å². The first-order chi connectivity index (χ1) is 6.04. The minimum Gasteiger partial charge on any atom is -0.224 e. The predicted molar refractivity (Wildman–Crippen MR) is 54.0 cm³/mol. The lowest BCUT2D eigenvalue weighted by atomic mass is 10.2. The lowest BCUT2D eigenvalue weighted by molar-refractivity contribution is 0.602. The maximum absolute atomic E-state index is 11.1. The molecule has 0 atom stereocenters. The van der Waals surface area contributed by atoms with E-state index in [1.807, 2.05) is 0 Å². The van der Waals surface area contributed by atoms with Gasteiger partial charge in [-0.25, -0.2) is 8.42 Å². The van der Waals surface area contributed by atoms with Crippen LogP contribution in [0.2, 0.25) is 0 Å². The summed E-state index contributed by atoms with van der Waals surface area (Å²) in [6.45, 7) is 0. The van der Waals surface area contributed by atoms with E-state index >= 15 is 0 Å². The first-order valence-electron chi connectivity index (χ1n) is 3.89. The van der Waals surface area contributed by atoms with Crippen molar-refractivity contribution in [3.8, 4) is 0 Å². The second-order valence-corrected chi connectivity index (χ2v) is 5.25. The number of alkyl halides is 1. The zero-order chi connectivity index (χ0) is 9.90. The molecule has 0 aliphatic heterocycles. The molecule has 1 aromatic rings. The fraction of sp³-hybridized carbons (Fsp3) is 0.333. The predicted octanol–water partition coefficient (Wildman–Crippen LogP) is 1.87. The molecular formula is C9H11ClO2S. The van der Waals surface area contributed by atoms with Gasteiger partial charge in [-0.3, -0.25) is 0 Å². The Balaban J connectivity index is 2.94. The van der Waals surface area contributed by atoms with Crippen molar-refractivity contribution >= 4 is 21.4 Å². The summed E-state index contributed by atoms with van der Waals surface area (Å²) in [7, 11) is -3.07. The Kier molecular flexibility index (Phi) is 3.33. The molecule has 0 aliphatic rings. The number of sulfone groups is 1. The number of benzene rings is 1. The molecule has 0 heterocycles. The number of rotatable bonds is 3. The van der Waals surface area contributed by atoms with Gasteiger partial charge < -0.3 is 0 Å². The fourth-order valence-corrected chi connectivity index (χ4v) is 1.86. The zero-order valence-electron chi connectivity index (χ0n) is 7.33. The van der Waals surface area contributed by atoms with Crippen molar-refractivity contribution in [3.05, 3.63) is 29.8 Å². The molecular weight excluding hydrogens is 208 g/mol. The van der Waals surface area contributed by atoms with Crippen molar-refractivity contribution in [3.63, 3.8) is 0 Å². The average Bonchev–Trinajstić information content (AvgIpc) is 2.04. The van der Waals surface area contributed by atoms with E-state index in [-0.39, 0.29) is 0 Å². The maximum atomic E-state index is 11.1. The van der Waals surface area contributed by atoms with Crippen LogP contribution in [0, 0.1) is 0 Å². The lowest BCUT2D eigenvalue weighted by Crippen LogP contribution is -1.97. The van der Waals surface area contributed by atoms with E-state index in [2.05, 4.69) is 0 Å². The van der Waals surface area contributed by atoms with E-state index in [9.17, 15) is 8.42 Å². The Labute approximate surface area is 83.5 Å². The van der Waals surface area contributed by atoms with E-state index in [1.165, 1.54) is 6.26 Å². The third kappa shape index (κ3) is 3.01. The van der Waals surface area contributed by atoms with Gasteiger partial charge in [0.2, 0.25) is 0 Å². The van der Waals surface area contributed by atoms with E-state index in [4.69, 9.17) is 11.6 Å². The summed E-state index contributed by atoms with van der Waals surface area (Å²) in [5.41, 5.74) is 1.06. The van der Waals surface area contributed by atoms with E-state index < -0.39 is 9.84 Å². The summed E-state index contributed by atoms with van der Waals surface area (Å²) in [5, 5.41) is 0. The molecule has 0 saturated carbocycles. The van der Waals surface area contributed by atoms with Crippen LogP contribution in [0.1, 0.15) is 5.56 Å².